The Morgan fingerprint density at radius 2 is 1.71 bits per heavy atom. The first-order valence-electron chi connectivity index (χ1n) is 11.7. The van der Waals surface area contributed by atoms with Gasteiger partial charge in [0, 0.05) is 12.1 Å². The molecule has 34 heavy (non-hydrogen) atoms. The fourth-order valence-electron chi connectivity index (χ4n) is 4.65. The summed E-state index contributed by atoms with van der Waals surface area (Å²) >= 11 is 0. The molecule has 1 aromatic heterocycles. The molecule has 0 fully saturated rings. The molecule has 2 heterocycles. The molecule has 3 aromatic carbocycles. The lowest BCUT2D eigenvalue weighted by molar-refractivity contribution is -0.126. The lowest BCUT2D eigenvalue weighted by Gasteiger charge is -2.30. The Morgan fingerprint density at radius 1 is 1.00 bits per heavy atom. The molecule has 0 spiro atoms. The monoisotopic (exact) mass is 452 g/mol. The number of benzene rings is 3. The molecule has 1 aliphatic rings. The maximum atomic E-state index is 13.8. The van der Waals surface area contributed by atoms with Crippen molar-refractivity contribution in [2.45, 2.75) is 38.9 Å². The summed E-state index contributed by atoms with van der Waals surface area (Å²) in [4.78, 5) is 36.8. The van der Waals surface area contributed by atoms with Crippen LogP contribution in [-0.2, 0) is 11.3 Å². The van der Waals surface area contributed by atoms with Crippen molar-refractivity contribution in [3.8, 4) is 0 Å². The van der Waals surface area contributed by atoms with E-state index in [-0.39, 0.29) is 17.7 Å². The van der Waals surface area contributed by atoms with Crippen molar-refractivity contribution in [2.24, 2.45) is 5.92 Å². The Hall–Kier alpha value is -3.93. The summed E-state index contributed by atoms with van der Waals surface area (Å²) in [5, 5.41) is 3.21. The average Bonchev–Trinajstić information content (AvgIpc) is 3.42. The van der Waals surface area contributed by atoms with Gasteiger partial charge in [-0.15, -0.1) is 0 Å². The summed E-state index contributed by atoms with van der Waals surface area (Å²) in [5.74, 6) is 0.647. The number of amides is 2. The largest absolute Gasteiger partial charge is 0.340 e. The minimum atomic E-state index is -0.574. The van der Waals surface area contributed by atoms with Crippen molar-refractivity contribution in [3.05, 3.63) is 101 Å². The van der Waals surface area contributed by atoms with E-state index in [1.165, 1.54) is 0 Å². The number of nitrogens with one attached hydrogen (secondary N) is 2. The van der Waals surface area contributed by atoms with Crippen molar-refractivity contribution in [1.82, 2.24) is 20.2 Å². The van der Waals surface area contributed by atoms with Gasteiger partial charge in [0.05, 0.1) is 11.0 Å². The smallest absolute Gasteiger partial charge is 0.255 e. The van der Waals surface area contributed by atoms with Gasteiger partial charge in [-0.1, -0.05) is 74.5 Å². The molecule has 0 aliphatic carbocycles. The first kappa shape index (κ1) is 21.9. The van der Waals surface area contributed by atoms with Gasteiger partial charge >= 0.3 is 0 Å². The molecule has 2 atom stereocenters. The zero-order chi connectivity index (χ0) is 23.7. The van der Waals surface area contributed by atoms with Crippen LogP contribution in [0.3, 0.4) is 0 Å². The molecule has 2 amide bonds. The summed E-state index contributed by atoms with van der Waals surface area (Å²) in [6, 6.07) is 24.2. The molecule has 6 nitrogen and oxygen atoms in total. The fraction of sp³-hybridized carbons (Fsp3) is 0.250. The van der Waals surface area contributed by atoms with Crippen molar-refractivity contribution >= 4 is 22.8 Å². The van der Waals surface area contributed by atoms with Gasteiger partial charge in [0.2, 0.25) is 5.91 Å². The normalized spacial score (nSPS) is 14.9. The summed E-state index contributed by atoms with van der Waals surface area (Å²) in [7, 11) is 0. The number of aromatic amines is 1. The average molecular weight is 453 g/mol. The third-order valence-corrected chi connectivity index (χ3v) is 6.32. The molecule has 0 unspecified atom stereocenters. The molecular formula is C28H28N4O2. The van der Waals surface area contributed by atoms with E-state index in [1.54, 1.807) is 4.90 Å². The molecule has 0 bridgehead atoms. The molecular weight excluding hydrogens is 424 g/mol. The number of imidazole rings is 1. The molecule has 1 aliphatic heterocycles. The van der Waals surface area contributed by atoms with Crippen LogP contribution in [0.5, 0.6) is 0 Å². The van der Waals surface area contributed by atoms with Gasteiger partial charge in [0.1, 0.15) is 17.9 Å². The molecule has 172 valence electrons. The van der Waals surface area contributed by atoms with Gasteiger partial charge < -0.3 is 15.2 Å². The van der Waals surface area contributed by atoms with E-state index in [0.717, 1.165) is 22.2 Å². The molecule has 0 radical (unpaired) electrons. The van der Waals surface area contributed by atoms with Crippen molar-refractivity contribution < 1.29 is 9.59 Å². The Kier molecular flexibility index (Phi) is 5.88. The number of fused-ring (bicyclic) bond motifs is 2. The zero-order valence-corrected chi connectivity index (χ0v) is 19.4. The molecule has 5 rings (SSSR count). The van der Waals surface area contributed by atoms with E-state index in [2.05, 4.69) is 24.1 Å². The highest BCUT2D eigenvalue weighted by atomic mass is 16.2. The topological polar surface area (TPSA) is 78.1 Å². The Bertz CT molecular complexity index is 1300. The van der Waals surface area contributed by atoms with Crippen LogP contribution in [0.1, 0.15) is 53.6 Å². The van der Waals surface area contributed by atoms with Gasteiger partial charge in [0.15, 0.2) is 0 Å². The van der Waals surface area contributed by atoms with Crippen LogP contribution in [0.25, 0.3) is 11.0 Å². The molecule has 2 N–H and O–H groups in total. The maximum absolute atomic E-state index is 13.8. The second kappa shape index (κ2) is 9.14. The van der Waals surface area contributed by atoms with Crippen LogP contribution >= 0.6 is 0 Å². The third kappa shape index (κ3) is 4.19. The number of para-hydroxylation sites is 2. The van der Waals surface area contributed by atoms with Gasteiger partial charge in [-0.3, -0.25) is 9.59 Å². The molecule has 6 heteroatoms. The highest BCUT2D eigenvalue weighted by Gasteiger charge is 2.37. The zero-order valence-electron chi connectivity index (χ0n) is 19.4. The lowest BCUT2D eigenvalue weighted by Crippen LogP contribution is -2.48. The Labute approximate surface area is 199 Å². The number of nitrogens with zero attached hydrogens (tertiary/aromatic N) is 2. The van der Waals surface area contributed by atoms with Gasteiger partial charge in [-0.2, -0.15) is 0 Å². The number of aromatic nitrogens is 2. The maximum Gasteiger partial charge on any atom is 0.255 e. The highest BCUT2D eigenvalue weighted by Crippen LogP contribution is 2.28. The predicted octanol–water partition coefficient (Wildman–Crippen LogP) is 4.84. The summed E-state index contributed by atoms with van der Waals surface area (Å²) in [6.07, 6.45) is 0.577. The molecule has 4 aromatic rings. The van der Waals surface area contributed by atoms with Gasteiger partial charge in [-0.05, 0) is 41.7 Å². The summed E-state index contributed by atoms with van der Waals surface area (Å²) < 4.78 is 0. The minimum absolute atomic E-state index is 0.0867. The van der Waals surface area contributed by atoms with Crippen LogP contribution in [0, 0.1) is 5.92 Å². The number of carbonyl (C=O) groups excluding carboxylic acids is 2. The highest BCUT2D eigenvalue weighted by molar-refractivity contribution is 6.01. The van der Waals surface area contributed by atoms with E-state index >= 15 is 0 Å². The molecule has 0 saturated heterocycles. The second-order valence-electron chi connectivity index (χ2n) is 9.23. The molecule has 0 saturated carbocycles. The van der Waals surface area contributed by atoms with Crippen molar-refractivity contribution in [2.75, 3.05) is 0 Å². The van der Waals surface area contributed by atoms with Crippen LogP contribution in [0.2, 0.25) is 0 Å². The Morgan fingerprint density at radius 3 is 2.44 bits per heavy atom. The van der Waals surface area contributed by atoms with Crippen LogP contribution in [0.15, 0.2) is 78.9 Å². The van der Waals surface area contributed by atoms with Crippen LogP contribution in [0.4, 0.5) is 0 Å². The predicted molar refractivity (Wildman–Crippen MR) is 132 cm³/mol. The summed E-state index contributed by atoms with van der Waals surface area (Å²) in [5.41, 5.74) is 4.33. The second-order valence-corrected chi connectivity index (χ2v) is 9.23. The van der Waals surface area contributed by atoms with E-state index in [0.29, 0.717) is 24.4 Å². The summed E-state index contributed by atoms with van der Waals surface area (Å²) in [6.45, 7) is 4.59. The quantitative estimate of drug-likeness (QED) is 0.421. The number of rotatable bonds is 7. The van der Waals surface area contributed by atoms with Crippen LogP contribution < -0.4 is 5.32 Å². The first-order chi connectivity index (χ1) is 16.5. The van der Waals surface area contributed by atoms with Crippen molar-refractivity contribution in [1.29, 1.82) is 0 Å². The fourth-order valence-corrected chi connectivity index (χ4v) is 4.65. The Balaban J connectivity index is 1.48. The minimum Gasteiger partial charge on any atom is -0.340 e. The van der Waals surface area contributed by atoms with Gasteiger partial charge in [-0.25, -0.2) is 4.98 Å². The number of hydrogen-bond acceptors (Lipinski definition) is 3. The first-order valence-corrected chi connectivity index (χ1v) is 11.7. The standard InChI is InChI=1S/C28H28N4O2/c1-18(2)16-24(32-17-20-12-6-7-13-21(20)28(32)34)27(33)31-25(19-10-4-3-5-11-19)26-29-22-14-8-9-15-23(22)30-26/h3-15,18,24-25H,16-17H2,1-2H3,(H,29,30)(H,31,33)/t24-,25+/m1/s1. The number of H-pyrrole nitrogens is 1. The van der Waals surface area contributed by atoms with Crippen molar-refractivity contribution in [3.63, 3.8) is 0 Å². The van der Waals surface area contributed by atoms with E-state index in [4.69, 9.17) is 4.98 Å². The lowest BCUT2D eigenvalue weighted by atomic mass is 10.00. The van der Waals surface area contributed by atoms with E-state index in [9.17, 15) is 9.59 Å². The van der Waals surface area contributed by atoms with Crippen LogP contribution in [-0.4, -0.2) is 32.7 Å². The third-order valence-electron chi connectivity index (χ3n) is 6.32. The van der Waals surface area contributed by atoms with E-state index in [1.807, 2.05) is 78.9 Å². The van der Waals surface area contributed by atoms with Gasteiger partial charge in [0.25, 0.3) is 5.91 Å². The number of hydrogen-bond donors (Lipinski definition) is 2. The number of carbonyl (C=O) groups is 2. The van der Waals surface area contributed by atoms with E-state index < -0.39 is 12.1 Å². The SMILES string of the molecule is CC(C)C[C@H](C(=O)N[C@@H](c1ccccc1)c1nc2ccccc2[nH]1)N1Cc2ccccc2C1=O.